The molecule has 2 aromatic rings. The van der Waals surface area contributed by atoms with Crippen LogP contribution in [0.15, 0.2) is 30.3 Å². The van der Waals surface area contributed by atoms with E-state index in [1.54, 1.807) is 11.9 Å². The quantitative estimate of drug-likeness (QED) is 0.798. The monoisotopic (exact) mass is 355 g/mol. The predicted octanol–water partition coefficient (Wildman–Crippen LogP) is 3.34. The van der Waals surface area contributed by atoms with E-state index >= 15 is 0 Å². The molecule has 0 fully saturated rings. The van der Waals surface area contributed by atoms with Gasteiger partial charge in [0.15, 0.2) is 0 Å². The first-order valence-corrected chi connectivity index (χ1v) is 9.09. The molecule has 0 aliphatic carbocycles. The van der Waals surface area contributed by atoms with Crippen LogP contribution in [0.1, 0.15) is 41.2 Å². The molecular weight excluding hydrogens is 326 g/mol. The van der Waals surface area contributed by atoms with E-state index in [1.807, 2.05) is 45.9 Å². The zero-order chi connectivity index (χ0) is 19.4. The molecule has 0 unspecified atom stereocenters. The van der Waals surface area contributed by atoms with Crippen LogP contribution in [0.3, 0.4) is 0 Å². The highest BCUT2D eigenvalue weighted by molar-refractivity contribution is 5.97. The molecule has 0 aliphatic heterocycles. The number of carbonyl (C=O) groups excluding carboxylic acids is 2. The molecular formula is C21H29N3O2. The Labute approximate surface area is 156 Å². The lowest BCUT2D eigenvalue weighted by Gasteiger charge is -2.23. The van der Waals surface area contributed by atoms with Crippen LogP contribution in [0.4, 0.5) is 0 Å². The molecule has 0 N–H and O–H groups in total. The third-order valence-corrected chi connectivity index (χ3v) is 4.76. The van der Waals surface area contributed by atoms with E-state index in [9.17, 15) is 9.59 Å². The lowest BCUT2D eigenvalue weighted by atomic mass is 10.2. The Morgan fingerprint density at radius 1 is 1.04 bits per heavy atom. The average molecular weight is 355 g/mol. The van der Waals surface area contributed by atoms with Crippen LogP contribution in [-0.4, -0.2) is 52.9 Å². The van der Waals surface area contributed by atoms with Crippen LogP contribution >= 0.6 is 0 Å². The molecule has 0 aliphatic rings. The van der Waals surface area contributed by atoms with Gasteiger partial charge < -0.3 is 14.4 Å². The molecule has 5 nitrogen and oxygen atoms in total. The SMILES string of the molecule is CCN(CC)C(=O)CN(C)C(=O)c1cc(C)n(-c2cccc(C)c2)c1C. The van der Waals surface area contributed by atoms with Gasteiger partial charge in [-0.2, -0.15) is 0 Å². The highest BCUT2D eigenvalue weighted by atomic mass is 16.2. The molecule has 1 aromatic carbocycles. The molecule has 0 saturated carbocycles. The zero-order valence-electron chi connectivity index (χ0n) is 16.7. The van der Waals surface area contributed by atoms with Crippen molar-refractivity contribution in [1.29, 1.82) is 0 Å². The number of nitrogens with zero attached hydrogens (tertiary/aromatic N) is 3. The van der Waals surface area contributed by atoms with Crippen molar-refractivity contribution in [3.63, 3.8) is 0 Å². The van der Waals surface area contributed by atoms with Crippen LogP contribution in [0.25, 0.3) is 5.69 Å². The van der Waals surface area contributed by atoms with E-state index in [0.29, 0.717) is 18.7 Å². The number of carbonyl (C=O) groups is 2. The molecule has 0 atom stereocenters. The van der Waals surface area contributed by atoms with E-state index in [-0.39, 0.29) is 18.4 Å². The topological polar surface area (TPSA) is 45.6 Å². The third-order valence-electron chi connectivity index (χ3n) is 4.76. The maximum absolute atomic E-state index is 12.9. The number of hydrogen-bond donors (Lipinski definition) is 0. The fourth-order valence-electron chi connectivity index (χ4n) is 3.30. The van der Waals surface area contributed by atoms with Gasteiger partial charge in [-0.05, 0) is 58.4 Å². The summed E-state index contributed by atoms with van der Waals surface area (Å²) >= 11 is 0. The second-order valence-corrected chi connectivity index (χ2v) is 6.69. The van der Waals surface area contributed by atoms with E-state index < -0.39 is 0 Å². The minimum absolute atomic E-state index is 0.0293. The van der Waals surface area contributed by atoms with Gasteiger partial charge in [-0.3, -0.25) is 9.59 Å². The van der Waals surface area contributed by atoms with Gasteiger partial charge in [-0.1, -0.05) is 12.1 Å². The molecule has 2 rings (SSSR count). The van der Waals surface area contributed by atoms with Crippen LogP contribution in [0.2, 0.25) is 0 Å². The fraction of sp³-hybridized carbons (Fsp3) is 0.429. The van der Waals surface area contributed by atoms with Crippen molar-refractivity contribution in [2.75, 3.05) is 26.7 Å². The van der Waals surface area contributed by atoms with Crippen molar-refractivity contribution in [3.8, 4) is 5.69 Å². The number of benzene rings is 1. The average Bonchev–Trinajstić information content (AvgIpc) is 2.89. The van der Waals surface area contributed by atoms with Crippen LogP contribution in [0.5, 0.6) is 0 Å². The van der Waals surface area contributed by atoms with Crippen molar-refractivity contribution >= 4 is 11.8 Å². The second kappa shape index (κ2) is 8.21. The first-order valence-electron chi connectivity index (χ1n) is 9.09. The number of aryl methyl sites for hydroxylation is 2. The number of rotatable bonds is 6. The molecule has 0 radical (unpaired) electrons. The summed E-state index contributed by atoms with van der Waals surface area (Å²) in [5.41, 5.74) is 4.74. The van der Waals surface area contributed by atoms with Crippen LogP contribution in [0, 0.1) is 20.8 Å². The van der Waals surface area contributed by atoms with Crippen LogP contribution in [-0.2, 0) is 4.79 Å². The molecule has 0 spiro atoms. The molecule has 1 aromatic heterocycles. The maximum atomic E-state index is 12.9. The molecule has 2 amide bonds. The summed E-state index contributed by atoms with van der Waals surface area (Å²) in [5.74, 6) is -0.157. The molecule has 1 heterocycles. The Balaban J connectivity index is 2.28. The fourth-order valence-corrected chi connectivity index (χ4v) is 3.30. The van der Waals surface area contributed by atoms with Gasteiger partial charge in [0, 0.05) is 37.2 Å². The highest BCUT2D eigenvalue weighted by Crippen LogP contribution is 2.22. The first-order chi connectivity index (χ1) is 12.3. The highest BCUT2D eigenvalue weighted by Gasteiger charge is 2.22. The second-order valence-electron chi connectivity index (χ2n) is 6.69. The van der Waals surface area contributed by atoms with E-state index in [0.717, 1.165) is 17.1 Å². The molecule has 0 bridgehead atoms. The van der Waals surface area contributed by atoms with Gasteiger partial charge >= 0.3 is 0 Å². The van der Waals surface area contributed by atoms with E-state index in [4.69, 9.17) is 0 Å². The number of likely N-dealkylation sites (N-methyl/N-ethyl adjacent to an activating group) is 2. The summed E-state index contributed by atoms with van der Waals surface area (Å²) < 4.78 is 2.08. The Kier molecular flexibility index (Phi) is 6.24. The lowest BCUT2D eigenvalue weighted by molar-refractivity contribution is -0.131. The molecule has 5 heteroatoms. The summed E-state index contributed by atoms with van der Waals surface area (Å²) in [6, 6.07) is 10.1. The summed E-state index contributed by atoms with van der Waals surface area (Å²) in [6.07, 6.45) is 0. The van der Waals surface area contributed by atoms with Gasteiger partial charge in [-0.15, -0.1) is 0 Å². The third kappa shape index (κ3) is 3.98. The molecule has 26 heavy (non-hydrogen) atoms. The minimum Gasteiger partial charge on any atom is -0.342 e. The summed E-state index contributed by atoms with van der Waals surface area (Å²) in [4.78, 5) is 28.4. The summed E-state index contributed by atoms with van der Waals surface area (Å²) in [7, 11) is 1.68. The van der Waals surface area contributed by atoms with Gasteiger partial charge in [-0.25, -0.2) is 0 Å². The van der Waals surface area contributed by atoms with Gasteiger partial charge in [0.25, 0.3) is 5.91 Å². The first kappa shape index (κ1) is 19.8. The smallest absolute Gasteiger partial charge is 0.255 e. The van der Waals surface area contributed by atoms with Crippen molar-refractivity contribution in [1.82, 2.24) is 14.4 Å². The Bertz CT molecular complexity index is 804. The Morgan fingerprint density at radius 2 is 1.69 bits per heavy atom. The van der Waals surface area contributed by atoms with Crippen molar-refractivity contribution in [2.24, 2.45) is 0 Å². The van der Waals surface area contributed by atoms with Gasteiger partial charge in [0.1, 0.15) is 0 Å². The van der Waals surface area contributed by atoms with Gasteiger partial charge in [0.2, 0.25) is 5.91 Å². The van der Waals surface area contributed by atoms with E-state index in [2.05, 4.69) is 23.6 Å². The Hall–Kier alpha value is -2.56. The number of amides is 2. The van der Waals surface area contributed by atoms with E-state index in [1.165, 1.54) is 10.5 Å². The Morgan fingerprint density at radius 3 is 2.27 bits per heavy atom. The standard InChI is InChI=1S/C21H29N3O2/c1-7-23(8-2)20(25)14-22(6)21(26)19-13-16(4)24(17(19)5)18-11-9-10-15(3)12-18/h9-13H,7-8,14H2,1-6H3. The largest absolute Gasteiger partial charge is 0.342 e. The zero-order valence-corrected chi connectivity index (χ0v) is 16.7. The number of aromatic nitrogens is 1. The molecule has 0 saturated heterocycles. The number of hydrogen-bond acceptors (Lipinski definition) is 2. The lowest BCUT2D eigenvalue weighted by Crippen LogP contribution is -2.41. The normalized spacial score (nSPS) is 10.7. The van der Waals surface area contributed by atoms with Crippen molar-refractivity contribution in [2.45, 2.75) is 34.6 Å². The van der Waals surface area contributed by atoms with Gasteiger partial charge in [0.05, 0.1) is 12.1 Å². The summed E-state index contributed by atoms with van der Waals surface area (Å²) in [6.45, 7) is 11.3. The van der Waals surface area contributed by atoms with Crippen LogP contribution < -0.4 is 0 Å². The van der Waals surface area contributed by atoms with Crippen molar-refractivity contribution < 1.29 is 9.59 Å². The molecule has 140 valence electrons. The van der Waals surface area contributed by atoms with Crippen molar-refractivity contribution in [3.05, 3.63) is 52.8 Å². The maximum Gasteiger partial charge on any atom is 0.255 e. The summed E-state index contributed by atoms with van der Waals surface area (Å²) in [5, 5.41) is 0. The predicted molar refractivity (Wildman–Crippen MR) is 105 cm³/mol. The minimum atomic E-state index is -0.127.